The van der Waals surface area contributed by atoms with Crippen LogP contribution in [0.2, 0.25) is 0 Å². The number of nitrogens with one attached hydrogen (secondary N) is 1. The van der Waals surface area contributed by atoms with Crippen molar-refractivity contribution >= 4 is 50.0 Å². The fourth-order valence-corrected chi connectivity index (χ4v) is 6.42. The van der Waals surface area contributed by atoms with Gasteiger partial charge < -0.3 is 15.1 Å². The van der Waals surface area contributed by atoms with Crippen LogP contribution in [0.1, 0.15) is 52.4 Å². The van der Waals surface area contributed by atoms with Crippen LogP contribution in [0.15, 0.2) is 66.2 Å². The average molecular weight is 639 g/mol. The lowest BCUT2D eigenvalue weighted by atomic mass is 9.92. The van der Waals surface area contributed by atoms with E-state index in [1.807, 2.05) is 36.4 Å². The Kier molecular flexibility index (Phi) is 8.73. The zero-order valence-corrected chi connectivity index (χ0v) is 25.2. The zero-order chi connectivity index (χ0) is 30.0. The maximum atomic E-state index is 14.2. The van der Waals surface area contributed by atoms with E-state index in [4.69, 9.17) is 0 Å². The number of nitrogens with zero attached hydrogens (tertiary/aromatic N) is 4. The van der Waals surface area contributed by atoms with Gasteiger partial charge in [-0.15, -0.1) is 13.2 Å². The van der Waals surface area contributed by atoms with Gasteiger partial charge in [-0.25, -0.2) is 18.7 Å². The lowest BCUT2D eigenvalue weighted by Gasteiger charge is -2.36. The highest BCUT2D eigenvalue weighted by Crippen LogP contribution is 2.38. The molecule has 2 aromatic carbocycles. The summed E-state index contributed by atoms with van der Waals surface area (Å²) in [5.41, 5.74) is 1.81. The molecule has 1 aromatic heterocycles. The molecule has 0 spiro atoms. The van der Waals surface area contributed by atoms with Gasteiger partial charge in [0.2, 0.25) is 5.82 Å². The van der Waals surface area contributed by atoms with E-state index in [-0.39, 0.29) is 30.6 Å². The summed E-state index contributed by atoms with van der Waals surface area (Å²) in [6.07, 6.45) is 5.67. The van der Waals surface area contributed by atoms with Crippen molar-refractivity contribution in [3.05, 3.63) is 83.3 Å². The first kappa shape index (κ1) is 29.8. The monoisotopic (exact) mass is 637 g/mol. The Bertz CT molecular complexity index is 1540. The van der Waals surface area contributed by atoms with Gasteiger partial charge in [0.05, 0.1) is 17.2 Å². The van der Waals surface area contributed by atoms with Crippen LogP contribution in [0.4, 0.5) is 20.3 Å². The third-order valence-electron chi connectivity index (χ3n) is 8.19. The second-order valence-electron chi connectivity index (χ2n) is 11.0. The molecule has 1 N–H and O–H groups in total. The summed E-state index contributed by atoms with van der Waals surface area (Å²) in [5, 5.41) is 4.59. The molecule has 0 radical (unpaired) electrons. The molecule has 0 aliphatic carbocycles. The summed E-state index contributed by atoms with van der Waals surface area (Å²) in [7, 11) is 0. The van der Waals surface area contributed by atoms with Crippen LogP contribution in [0.5, 0.6) is 0 Å². The Morgan fingerprint density at radius 1 is 1.12 bits per heavy atom. The predicted molar refractivity (Wildman–Crippen MR) is 165 cm³/mol. The van der Waals surface area contributed by atoms with Crippen molar-refractivity contribution in [3.63, 3.8) is 0 Å². The van der Waals surface area contributed by atoms with Crippen molar-refractivity contribution in [1.82, 2.24) is 14.9 Å². The Morgan fingerprint density at radius 2 is 1.83 bits per heavy atom. The molecule has 0 saturated carbocycles. The fourth-order valence-electron chi connectivity index (χ4n) is 5.86. The van der Waals surface area contributed by atoms with E-state index < -0.39 is 24.2 Å². The molecule has 220 valence electrons. The van der Waals surface area contributed by atoms with Crippen LogP contribution in [-0.4, -0.2) is 58.8 Å². The van der Waals surface area contributed by atoms with Gasteiger partial charge in [0, 0.05) is 48.8 Å². The maximum Gasteiger partial charge on any atom is 0.291 e. The lowest BCUT2D eigenvalue weighted by Crippen LogP contribution is -2.49. The molecule has 0 bridgehead atoms. The number of anilines is 2. The molecular formula is C32H34BrF2N5O2. The number of aromatic nitrogens is 2. The van der Waals surface area contributed by atoms with Gasteiger partial charge in [-0.3, -0.25) is 9.59 Å². The molecule has 3 heterocycles. The molecule has 5 rings (SSSR count). The topological polar surface area (TPSA) is 78.4 Å². The quantitative estimate of drug-likeness (QED) is 0.281. The average Bonchev–Trinajstić information content (AvgIpc) is 2.97. The minimum absolute atomic E-state index is 0.118. The Balaban J connectivity index is 1.45. The summed E-state index contributed by atoms with van der Waals surface area (Å²) >= 11 is 3.70. The molecule has 2 aliphatic heterocycles. The van der Waals surface area contributed by atoms with Crippen molar-refractivity contribution in [1.29, 1.82) is 0 Å². The number of piperidine rings is 2. The molecule has 10 heteroatoms. The highest BCUT2D eigenvalue weighted by atomic mass is 79.9. The molecule has 2 fully saturated rings. The number of hydrogen-bond acceptors (Lipinski definition) is 5. The van der Waals surface area contributed by atoms with E-state index in [9.17, 15) is 18.4 Å². The molecule has 42 heavy (non-hydrogen) atoms. The smallest absolute Gasteiger partial charge is 0.291 e. The van der Waals surface area contributed by atoms with Crippen molar-refractivity contribution in [2.24, 2.45) is 11.8 Å². The minimum atomic E-state index is -2.92. The van der Waals surface area contributed by atoms with Crippen LogP contribution in [0.3, 0.4) is 0 Å². The number of likely N-dealkylation sites (tertiary alicyclic amines) is 1. The zero-order valence-electron chi connectivity index (χ0n) is 23.6. The van der Waals surface area contributed by atoms with Gasteiger partial charge in [0.25, 0.3) is 17.7 Å². The first-order valence-corrected chi connectivity index (χ1v) is 14.9. The second-order valence-corrected chi connectivity index (χ2v) is 11.9. The first-order valence-electron chi connectivity index (χ1n) is 14.1. The molecule has 7 nitrogen and oxygen atoms in total. The maximum absolute atomic E-state index is 14.2. The number of halogens is 3. The molecule has 1 unspecified atom stereocenters. The highest BCUT2D eigenvalue weighted by Gasteiger charge is 2.44. The van der Waals surface area contributed by atoms with E-state index in [0.29, 0.717) is 17.2 Å². The molecular weight excluding hydrogens is 604 g/mol. The molecule has 2 aliphatic rings. The number of allylic oxidation sites excluding steroid dienone is 1. The highest BCUT2D eigenvalue weighted by molar-refractivity contribution is 9.10. The van der Waals surface area contributed by atoms with E-state index in [2.05, 4.69) is 49.3 Å². The summed E-state index contributed by atoms with van der Waals surface area (Å²) in [5.74, 6) is -4.39. The third-order valence-corrected chi connectivity index (χ3v) is 8.85. The van der Waals surface area contributed by atoms with Crippen LogP contribution < -0.4 is 10.2 Å². The summed E-state index contributed by atoms with van der Waals surface area (Å²) in [4.78, 5) is 39.4. The molecule has 2 saturated heterocycles. The number of benzene rings is 2. The third kappa shape index (κ3) is 6.09. The van der Waals surface area contributed by atoms with Gasteiger partial charge >= 0.3 is 0 Å². The largest absolute Gasteiger partial charge is 0.371 e. The van der Waals surface area contributed by atoms with Crippen molar-refractivity contribution in [3.8, 4) is 0 Å². The molecule has 3 aromatic rings. The number of carbonyl (C=O) groups is 2. The summed E-state index contributed by atoms with van der Waals surface area (Å²) in [6, 6.07) is 11.3. The van der Waals surface area contributed by atoms with Crippen molar-refractivity contribution < 1.29 is 18.4 Å². The van der Waals surface area contributed by atoms with Gasteiger partial charge in [-0.05, 0) is 48.9 Å². The van der Waals surface area contributed by atoms with Crippen LogP contribution in [-0.2, 0) is 0 Å². The lowest BCUT2D eigenvalue weighted by molar-refractivity contribution is -0.0817. The summed E-state index contributed by atoms with van der Waals surface area (Å²) < 4.78 is 29.3. The van der Waals surface area contributed by atoms with Gasteiger partial charge in [0.1, 0.15) is 5.82 Å². The number of carbonyl (C=O) groups excluding carboxylic acids is 2. The number of fused-ring (bicyclic) bond motifs is 1. The van der Waals surface area contributed by atoms with E-state index >= 15 is 0 Å². The minimum Gasteiger partial charge on any atom is -0.371 e. The Labute approximate surface area is 252 Å². The van der Waals surface area contributed by atoms with E-state index in [1.165, 1.54) is 11.0 Å². The van der Waals surface area contributed by atoms with Gasteiger partial charge in [-0.1, -0.05) is 52.3 Å². The number of aryl methyl sites for hydroxylation is 1. The fraction of sp³-hybridized carbons (Fsp3) is 0.375. The molecule has 2 amide bonds. The van der Waals surface area contributed by atoms with Crippen LogP contribution >= 0.6 is 15.9 Å². The van der Waals surface area contributed by atoms with E-state index in [0.717, 1.165) is 53.3 Å². The second kappa shape index (κ2) is 12.3. The van der Waals surface area contributed by atoms with Crippen molar-refractivity contribution in [2.45, 2.75) is 38.5 Å². The predicted octanol–water partition coefficient (Wildman–Crippen LogP) is 7.03. The standard InChI is InChI=1S/C32H34BrF2N5O2/c1-4-8-21-11-14-39(15-12-21)26-18-25(33)23-9-6-7-10-24(23)28(26)30(41)38-27-17-20(3)36-29(37-27)31(42)40-16-13-32(34,35)22(5-2)19-40/h4-7,9-10,17-18,21-22H,1-2,8,11-16,19H2,3H3,(H,36,37,38,41). The number of rotatable bonds is 7. The van der Waals surface area contributed by atoms with Crippen molar-refractivity contribution in [2.75, 3.05) is 36.4 Å². The number of amides is 2. The van der Waals surface area contributed by atoms with Gasteiger partial charge in [0.15, 0.2) is 0 Å². The summed E-state index contributed by atoms with van der Waals surface area (Å²) in [6.45, 7) is 10.4. The van der Waals surface area contributed by atoms with Crippen LogP contribution in [0, 0.1) is 18.8 Å². The van der Waals surface area contributed by atoms with E-state index in [1.54, 1.807) is 13.0 Å². The normalized spacial score (nSPS) is 19.0. The SMILES string of the molecule is C=CCC1CCN(c2cc(Br)c3ccccc3c2C(=O)Nc2cc(C)nc(C(=O)N3CCC(F)(F)C(C=C)C3)n2)CC1. The van der Waals surface area contributed by atoms with Gasteiger partial charge in [-0.2, -0.15) is 0 Å². The first-order chi connectivity index (χ1) is 20.1. The Hall–Kier alpha value is -3.66. The van der Waals surface area contributed by atoms with Crippen LogP contribution in [0.25, 0.3) is 10.8 Å². The molecule has 1 atom stereocenters. The number of hydrogen-bond donors (Lipinski definition) is 1. The Morgan fingerprint density at radius 3 is 2.52 bits per heavy atom. The number of alkyl halides is 2.